The molecule has 1 unspecified atom stereocenters. The number of aryl methyl sites for hydroxylation is 2. The Balaban J connectivity index is 1.60. The van der Waals surface area contributed by atoms with E-state index in [1.165, 1.54) is 39.9 Å². The van der Waals surface area contributed by atoms with Crippen molar-refractivity contribution in [1.29, 1.82) is 0 Å². The second kappa shape index (κ2) is 6.31. The van der Waals surface area contributed by atoms with Crippen LogP contribution in [-0.2, 0) is 12.6 Å². The Kier molecular flexibility index (Phi) is 4.10. The van der Waals surface area contributed by atoms with Gasteiger partial charge in [0, 0.05) is 5.92 Å². The van der Waals surface area contributed by atoms with Crippen LogP contribution in [0.4, 0.5) is 13.2 Å². The van der Waals surface area contributed by atoms with Gasteiger partial charge in [0.1, 0.15) is 0 Å². The lowest BCUT2D eigenvalue weighted by atomic mass is 9.90. The third-order valence-corrected chi connectivity index (χ3v) is 5.21. The van der Waals surface area contributed by atoms with Gasteiger partial charge in [-0.1, -0.05) is 60.2 Å². The minimum atomic E-state index is -4.28. The van der Waals surface area contributed by atoms with Crippen molar-refractivity contribution in [2.45, 2.75) is 31.9 Å². The molecule has 4 rings (SSSR count). The molecule has 1 aliphatic rings. The summed E-state index contributed by atoms with van der Waals surface area (Å²) >= 11 is 0. The Hall–Kier alpha value is -2.55. The zero-order valence-corrected chi connectivity index (χ0v) is 14.5. The largest absolute Gasteiger partial charge is 0.416 e. The molecule has 0 saturated carbocycles. The van der Waals surface area contributed by atoms with Gasteiger partial charge in [0.05, 0.1) is 5.56 Å². The smallest absolute Gasteiger partial charge is 0.166 e. The average molecular weight is 352 g/mol. The molecule has 0 bridgehead atoms. The maximum absolute atomic E-state index is 12.7. The molecule has 0 aromatic heterocycles. The first-order valence-electron chi connectivity index (χ1n) is 8.79. The first kappa shape index (κ1) is 16.9. The molecule has 0 spiro atoms. The Labute approximate surface area is 151 Å². The standard InChI is InChI=1S/C23H19F3/c1-15-6-12-20-18-4-2-3-5-19(18)21(22(20)14-15)13-9-16-7-10-17(11-8-16)23(24,25)26/h2-8,10-12,14,21H,9,13H2,1H3. The fourth-order valence-corrected chi connectivity index (χ4v) is 3.91. The quantitative estimate of drug-likeness (QED) is 0.488. The predicted molar refractivity (Wildman–Crippen MR) is 98.2 cm³/mol. The fourth-order valence-electron chi connectivity index (χ4n) is 3.91. The van der Waals surface area contributed by atoms with E-state index in [1.54, 1.807) is 12.1 Å². The van der Waals surface area contributed by atoms with E-state index in [2.05, 4.69) is 49.4 Å². The Morgan fingerprint density at radius 2 is 1.50 bits per heavy atom. The molecule has 0 fully saturated rings. The highest BCUT2D eigenvalue weighted by atomic mass is 19.4. The van der Waals surface area contributed by atoms with Crippen LogP contribution in [0.25, 0.3) is 11.1 Å². The number of fused-ring (bicyclic) bond motifs is 3. The molecule has 26 heavy (non-hydrogen) atoms. The van der Waals surface area contributed by atoms with Crippen LogP contribution in [0.15, 0.2) is 66.7 Å². The van der Waals surface area contributed by atoms with Crippen LogP contribution in [0.2, 0.25) is 0 Å². The van der Waals surface area contributed by atoms with Gasteiger partial charge in [-0.25, -0.2) is 0 Å². The van der Waals surface area contributed by atoms with Gasteiger partial charge in [-0.05, 0) is 59.7 Å². The van der Waals surface area contributed by atoms with Gasteiger partial charge in [-0.2, -0.15) is 13.2 Å². The van der Waals surface area contributed by atoms with Crippen molar-refractivity contribution in [2.24, 2.45) is 0 Å². The molecule has 0 saturated heterocycles. The highest BCUT2D eigenvalue weighted by Crippen LogP contribution is 2.46. The number of halogens is 3. The molecule has 0 nitrogen and oxygen atoms in total. The number of hydrogen-bond acceptors (Lipinski definition) is 0. The molecule has 1 aliphatic carbocycles. The topological polar surface area (TPSA) is 0 Å². The molecule has 132 valence electrons. The van der Waals surface area contributed by atoms with Crippen LogP contribution in [0.1, 0.15) is 40.2 Å². The molecule has 0 amide bonds. The van der Waals surface area contributed by atoms with Gasteiger partial charge in [0.15, 0.2) is 0 Å². The van der Waals surface area contributed by atoms with E-state index in [9.17, 15) is 13.2 Å². The van der Waals surface area contributed by atoms with Crippen molar-refractivity contribution in [3.8, 4) is 11.1 Å². The van der Waals surface area contributed by atoms with E-state index >= 15 is 0 Å². The second-order valence-electron chi connectivity index (χ2n) is 6.96. The van der Waals surface area contributed by atoms with Crippen LogP contribution < -0.4 is 0 Å². The predicted octanol–water partition coefficient (Wildman–Crippen LogP) is 6.76. The monoisotopic (exact) mass is 352 g/mol. The number of rotatable bonds is 3. The molecule has 1 atom stereocenters. The Morgan fingerprint density at radius 1 is 0.808 bits per heavy atom. The van der Waals surface area contributed by atoms with Crippen LogP contribution in [0.5, 0.6) is 0 Å². The maximum Gasteiger partial charge on any atom is 0.416 e. The van der Waals surface area contributed by atoms with Gasteiger partial charge in [0.2, 0.25) is 0 Å². The van der Waals surface area contributed by atoms with Crippen LogP contribution in [-0.4, -0.2) is 0 Å². The van der Waals surface area contributed by atoms with Crippen molar-refractivity contribution in [3.05, 3.63) is 94.5 Å². The molecule has 0 aliphatic heterocycles. The average Bonchev–Trinajstić information content (AvgIpc) is 2.92. The third kappa shape index (κ3) is 3.03. The van der Waals surface area contributed by atoms with Crippen LogP contribution in [0, 0.1) is 6.92 Å². The zero-order chi connectivity index (χ0) is 18.3. The summed E-state index contributed by atoms with van der Waals surface area (Å²) in [6, 6.07) is 20.5. The molecule has 3 aromatic carbocycles. The maximum atomic E-state index is 12.7. The highest BCUT2D eigenvalue weighted by molar-refractivity contribution is 5.79. The minimum absolute atomic E-state index is 0.295. The summed E-state index contributed by atoms with van der Waals surface area (Å²) in [6.45, 7) is 2.09. The van der Waals surface area contributed by atoms with Crippen LogP contribution in [0.3, 0.4) is 0 Å². The van der Waals surface area contributed by atoms with E-state index < -0.39 is 11.7 Å². The molecule has 0 N–H and O–H groups in total. The number of hydrogen-bond donors (Lipinski definition) is 0. The SMILES string of the molecule is Cc1ccc2c(c1)C(CCc1ccc(C(F)(F)F)cc1)c1ccccc1-2. The summed E-state index contributed by atoms with van der Waals surface area (Å²) in [5, 5.41) is 0. The third-order valence-electron chi connectivity index (χ3n) is 5.21. The summed E-state index contributed by atoms with van der Waals surface area (Å²) in [5.74, 6) is 0.295. The van der Waals surface area contributed by atoms with Crippen molar-refractivity contribution < 1.29 is 13.2 Å². The van der Waals surface area contributed by atoms with Gasteiger partial charge in [-0.3, -0.25) is 0 Å². The second-order valence-corrected chi connectivity index (χ2v) is 6.96. The lowest BCUT2D eigenvalue weighted by molar-refractivity contribution is -0.137. The van der Waals surface area contributed by atoms with Gasteiger partial charge in [-0.15, -0.1) is 0 Å². The summed E-state index contributed by atoms with van der Waals surface area (Å²) in [4.78, 5) is 0. The van der Waals surface area contributed by atoms with Crippen molar-refractivity contribution in [1.82, 2.24) is 0 Å². The first-order chi connectivity index (χ1) is 12.4. The van der Waals surface area contributed by atoms with E-state index in [4.69, 9.17) is 0 Å². The molecule has 0 radical (unpaired) electrons. The van der Waals surface area contributed by atoms with E-state index in [1.807, 2.05) is 0 Å². The van der Waals surface area contributed by atoms with Gasteiger partial charge in [0.25, 0.3) is 0 Å². The van der Waals surface area contributed by atoms with Gasteiger partial charge < -0.3 is 0 Å². The summed E-state index contributed by atoms with van der Waals surface area (Å²) < 4.78 is 38.2. The molecule has 3 aromatic rings. The number of alkyl halides is 3. The highest BCUT2D eigenvalue weighted by Gasteiger charge is 2.30. The van der Waals surface area contributed by atoms with Crippen LogP contribution >= 0.6 is 0 Å². The fraction of sp³-hybridized carbons (Fsp3) is 0.217. The van der Waals surface area contributed by atoms with Crippen molar-refractivity contribution in [2.75, 3.05) is 0 Å². The van der Waals surface area contributed by atoms with Gasteiger partial charge >= 0.3 is 6.18 Å². The molecular formula is C23H19F3. The zero-order valence-electron chi connectivity index (χ0n) is 14.5. The minimum Gasteiger partial charge on any atom is -0.166 e. The first-order valence-corrected chi connectivity index (χ1v) is 8.79. The van der Waals surface area contributed by atoms with Crippen molar-refractivity contribution >= 4 is 0 Å². The van der Waals surface area contributed by atoms with E-state index in [0.717, 1.165) is 18.4 Å². The van der Waals surface area contributed by atoms with Crippen molar-refractivity contribution in [3.63, 3.8) is 0 Å². The Morgan fingerprint density at radius 3 is 2.23 bits per heavy atom. The lowest BCUT2D eigenvalue weighted by Crippen LogP contribution is -2.05. The normalized spacial score (nSPS) is 15.6. The summed E-state index contributed by atoms with van der Waals surface area (Å²) in [5.41, 5.74) is 6.79. The molecule has 3 heteroatoms. The van der Waals surface area contributed by atoms with E-state index in [-0.39, 0.29) is 0 Å². The summed E-state index contributed by atoms with van der Waals surface area (Å²) in [6.07, 6.45) is -2.64. The molecular weight excluding hydrogens is 333 g/mol. The lowest BCUT2D eigenvalue weighted by Gasteiger charge is -2.14. The van der Waals surface area contributed by atoms with E-state index in [0.29, 0.717) is 5.92 Å². The Bertz CT molecular complexity index is 936. The number of benzene rings is 3. The summed E-state index contributed by atoms with van der Waals surface area (Å²) in [7, 11) is 0. The molecule has 0 heterocycles.